The van der Waals surface area contributed by atoms with Crippen LogP contribution in [0.25, 0.3) is 11.1 Å². The molecule has 0 saturated heterocycles. The lowest BCUT2D eigenvalue weighted by Gasteiger charge is -2.29. The third-order valence-corrected chi connectivity index (χ3v) is 6.12. The largest absolute Gasteiger partial charge is 0.207 e. The zero-order valence-corrected chi connectivity index (χ0v) is 16.4. The van der Waals surface area contributed by atoms with Gasteiger partial charge in [0.25, 0.3) is 0 Å². The van der Waals surface area contributed by atoms with Crippen molar-refractivity contribution in [1.29, 1.82) is 0 Å². The minimum absolute atomic E-state index is 0.127. The van der Waals surface area contributed by atoms with Crippen molar-refractivity contribution in [2.75, 3.05) is 0 Å². The molecule has 140 valence electrons. The fourth-order valence-electron chi connectivity index (χ4n) is 4.46. The molecule has 1 saturated carbocycles. The molecule has 0 heterocycles. The predicted octanol–water partition coefficient (Wildman–Crippen LogP) is 7.91. The van der Waals surface area contributed by atoms with E-state index in [2.05, 4.69) is 44.2 Å². The summed E-state index contributed by atoms with van der Waals surface area (Å²) in [6, 6.07) is 14.3. The van der Waals surface area contributed by atoms with E-state index in [0.717, 1.165) is 29.0 Å². The Balaban J connectivity index is 1.68. The number of unbranched alkanes of at least 4 members (excludes halogenated alkanes) is 2. The van der Waals surface area contributed by atoms with Crippen molar-refractivity contribution >= 4 is 0 Å². The van der Waals surface area contributed by atoms with Gasteiger partial charge in [0.15, 0.2) is 0 Å². The van der Waals surface area contributed by atoms with E-state index in [9.17, 15) is 4.39 Å². The lowest BCUT2D eigenvalue weighted by Crippen LogP contribution is -2.13. The van der Waals surface area contributed by atoms with Crippen molar-refractivity contribution in [3.63, 3.8) is 0 Å². The van der Waals surface area contributed by atoms with Gasteiger partial charge in [0, 0.05) is 0 Å². The highest BCUT2D eigenvalue weighted by molar-refractivity contribution is 5.65. The lowest BCUT2D eigenvalue weighted by molar-refractivity contribution is 0.303. The summed E-state index contributed by atoms with van der Waals surface area (Å²) >= 11 is 0. The Morgan fingerprint density at radius 2 is 1.69 bits per heavy atom. The van der Waals surface area contributed by atoms with Crippen LogP contribution in [0.15, 0.2) is 42.5 Å². The molecular weight excluding hydrogens is 319 g/mol. The fourth-order valence-corrected chi connectivity index (χ4v) is 4.46. The topological polar surface area (TPSA) is 0 Å². The Morgan fingerprint density at radius 3 is 2.42 bits per heavy atom. The van der Waals surface area contributed by atoms with Crippen LogP contribution in [-0.4, -0.2) is 0 Å². The maximum atomic E-state index is 13.9. The van der Waals surface area contributed by atoms with Crippen molar-refractivity contribution in [3.8, 4) is 11.1 Å². The number of hydrogen-bond acceptors (Lipinski definition) is 0. The molecule has 0 radical (unpaired) electrons. The molecule has 0 amide bonds. The van der Waals surface area contributed by atoms with Crippen LogP contribution >= 0.6 is 0 Å². The third-order valence-electron chi connectivity index (χ3n) is 6.12. The van der Waals surface area contributed by atoms with Crippen molar-refractivity contribution in [3.05, 3.63) is 59.4 Å². The maximum absolute atomic E-state index is 13.9. The SMILES string of the molecule is CCCCCC1CCC(c2cccc(-c3cc(F)cc(CC)c3)c2)CC1. The van der Waals surface area contributed by atoms with Gasteiger partial charge >= 0.3 is 0 Å². The smallest absolute Gasteiger partial charge is 0.124 e. The summed E-state index contributed by atoms with van der Waals surface area (Å²) in [4.78, 5) is 0. The fraction of sp³-hybridized carbons (Fsp3) is 0.520. The molecule has 0 spiro atoms. The molecule has 1 aliphatic carbocycles. The molecule has 1 aliphatic rings. The van der Waals surface area contributed by atoms with Crippen molar-refractivity contribution in [2.24, 2.45) is 5.92 Å². The normalized spacial score (nSPS) is 20.3. The summed E-state index contributed by atoms with van der Waals surface area (Å²) in [7, 11) is 0. The Kier molecular flexibility index (Phi) is 6.88. The molecule has 1 heteroatoms. The van der Waals surface area contributed by atoms with Gasteiger partial charge in [0.1, 0.15) is 5.82 Å². The van der Waals surface area contributed by atoms with Crippen molar-refractivity contribution < 1.29 is 4.39 Å². The van der Waals surface area contributed by atoms with Crippen LogP contribution in [0, 0.1) is 11.7 Å². The summed E-state index contributed by atoms with van der Waals surface area (Å²) in [5, 5.41) is 0. The minimum Gasteiger partial charge on any atom is -0.207 e. The first-order valence-corrected chi connectivity index (χ1v) is 10.6. The van der Waals surface area contributed by atoms with E-state index in [1.165, 1.54) is 56.9 Å². The summed E-state index contributed by atoms with van der Waals surface area (Å²) < 4.78 is 13.9. The molecule has 0 N–H and O–H groups in total. The van der Waals surface area contributed by atoms with E-state index in [1.807, 2.05) is 0 Å². The Hall–Kier alpha value is -1.63. The number of rotatable bonds is 7. The third kappa shape index (κ3) is 4.96. The molecule has 0 atom stereocenters. The summed E-state index contributed by atoms with van der Waals surface area (Å²) in [5.74, 6) is 1.49. The van der Waals surface area contributed by atoms with Gasteiger partial charge in [0.05, 0.1) is 0 Å². The quantitative estimate of drug-likeness (QED) is 0.444. The highest BCUT2D eigenvalue weighted by Crippen LogP contribution is 2.38. The first kappa shape index (κ1) is 19.1. The van der Waals surface area contributed by atoms with Crippen LogP contribution in [0.3, 0.4) is 0 Å². The molecule has 1 fully saturated rings. The molecule has 0 bridgehead atoms. The van der Waals surface area contributed by atoms with Gasteiger partial charge in [-0.05, 0) is 78.3 Å². The van der Waals surface area contributed by atoms with Gasteiger partial charge in [-0.3, -0.25) is 0 Å². The molecule has 2 aromatic carbocycles. The second-order valence-corrected chi connectivity index (χ2v) is 8.04. The molecule has 3 rings (SSSR count). The van der Waals surface area contributed by atoms with Crippen molar-refractivity contribution in [1.82, 2.24) is 0 Å². The number of aryl methyl sites for hydroxylation is 1. The lowest BCUT2D eigenvalue weighted by atomic mass is 9.76. The zero-order chi connectivity index (χ0) is 18.4. The van der Waals surface area contributed by atoms with E-state index < -0.39 is 0 Å². The maximum Gasteiger partial charge on any atom is 0.124 e. The van der Waals surface area contributed by atoms with Gasteiger partial charge < -0.3 is 0 Å². The standard InChI is InChI=1S/C25H33F/c1-3-5-6-8-20-11-13-21(14-12-20)22-9-7-10-23(17-22)24-15-19(4-2)16-25(26)18-24/h7,9-10,15-18,20-21H,3-6,8,11-14H2,1-2H3. The van der Waals surface area contributed by atoms with Crippen LogP contribution in [-0.2, 0) is 6.42 Å². The molecule has 2 aromatic rings. The highest BCUT2D eigenvalue weighted by Gasteiger charge is 2.22. The van der Waals surface area contributed by atoms with Gasteiger partial charge in [-0.25, -0.2) is 4.39 Å². The molecule has 0 unspecified atom stereocenters. The molecule has 0 aromatic heterocycles. The summed E-state index contributed by atoms with van der Waals surface area (Å²) in [6.07, 6.45) is 11.8. The van der Waals surface area contributed by atoms with Crippen molar-refractivity contribution in [2.45, 2.75) is 77.6 Å². The van der Waals surface area contributed by atoms with E-state index in [1.54, 1.807) is 12.1 Å². The minimum atomic E-state index is -0.127. The number of halogens is 1. The molecular formula is C25H33F. The Morgan fingerprint density at radius 1 is 0.885 bits per heavy atom. The van der Waals surface area contributed by atoms with E-state index in [0.29, 0.717) is 5.92 Å². The zero-order valence-electron chi connectivity index (χ0n) is 16.4. The molecule has 0 aliphatic heterocycles. The van der Waals surface area contributed by atoms with Gasteiger partial charge in [-0.15, -0.1) is 0 Å². The van der Waals surface area contributed by atoms with Gasteiger partial charge in [0.2, 0.25) is 0 Å². The average Bonchev–Trinajstić information content (AvgIpc) is 2.68. The monoisotopic (exact) mass is 352 g/mol. The van der Waals surface area contributed by atoms with Crippen LogP contribution in [0.1, 0.15) is 82.3 Å². The molecule has 26 heavy (non-hydrogen) atoms. The summed E-state index contributed by atoms with van der Waals surface area (Å²) in [6.45, 7) is 4.36. The number of benzene rings is 2. The van der Waals surface area contributed by atoms with Gasteiger partial charge in [-0.1, -0.05) is 69.9 Å². The summed E-state index contributed by atoms with van der Waals surface area (Å²) in [5.41, 5.74) is 4.67. The first-order chi connectivity index (χ1) is 12.7. The van der Waals surface area contributed by atoms with Crippen LogP contribution < -0.4 is 0 Å². The first-order valence-electron chi connectivity index (χ1n) is 10.6. The van der Waals surface area contributed by atoms with Crippen LogP contribution in [0.2, 0.25) is 0 Å². The van der Waals surface area contributed by atoms with Gasteiger partial charge in [-0.2, -0.15) is 0 Å². The predicted molar refractivity (Wildman–Crippen MR) is 110 cm³/mol. The molecule has 0 nitrogen and oxygen atoms in total. The van der Waals surface area contributed by atoms with Crippen LogP contribution in [0.5, 0.6) is 0 Å². The van der Waals surface area contributed by atoms with E-state index >= 15 is 0 Å². The highest BCUT2D eigenvalue weighted by atomic mass is 19.1. The van der Waals surface area contributed by atoms with E-state index in [4.69, 9.17) is 0 Å². The second-order valence-electron chi connectivity index (χ2n) is 8.04. The van der Waals surface area contributed by atoms with E-state index in [-0.39, 0.29) is 5.82 Å². The van der Waals surface area contributed by atoms with Crippen LogP contribution in [0.4, 0.5) is 4.39 Å². The average molecular weight is 353 g/mol. The number of hydrogen-bond donors (Lipinski definition) is 0. The Labute approximate surface area is 158 Å². The second kappa shape index (κ2) is 9.35. The Bertz CT molecular complexity index is 695.